The Morgan fingerprint density at radius 2 is 1.72 bits per heavy atom. The van der Waals surface area contributed by atoms with Crippen LogP contribution in [-0.2, 0) is 32.8 Å². The Morgan fingerprint density at radius 1 is 1.06 bits per heavy atom. The number of allylic oxidation sites excluding steroid dienone is 7. The Balaban J connectivity index is 1.76. The first-order valence-corrected chi connectivity index (χ1v) is 25.8. The molecule has 402 valence electrons. The third kappa shape index (κ3) is 16.8. The van der Waals surface area contributed by atoms with Gasteiger partial charge in [-0.1, -0.05) is 77.5 Å². The van der Waals surface area contributed by atoms with Gasteiger partial charge in [-0.2, -0.15) is 5.26 Å². The highest BCUT2D eigenvalue weighted by Crippen LogP contribution is 2.59. The van der Waals surface area contributed by atoms with Crippen molar-refractivity contribution in [3.05, 3.63) is 71.0 Å². The Labute approximate surface area is 420 Å². The van der Waals surface area contributed by atoms with Gasteiger partial charge in [0.05, 0.1) is 49.2 Å². The summed E-state index contributed by atoms with van der Waals surface area (Å²) in [6.45, 7) is 18.2. The molecule has 3 heterocycles. The third-order valence-electron chi connectivity index (χ3n) is 14.2. The highest BCUT2D eigenvalue weighted by atomic mass is 31.2. The Morgan fingerprint density at radius 3 is 2.31 bits per heavy atom. The summed E-state index contributed by atoms with van der Waals surface area (Å²) < 4.78 is 48.3. The zero-order chi connectivity index (χ0) is 53.8. The minimum absolute atomic E-state index is 0.0661. The van der Waals surface area contributed by atoms with Crippen molar-refractivity contribution in [2.45, 2.75) is 174 Å². The number of carbonyl (C=O) groups excluding carboxylic acids is 1. The molecule has 0 saturated carbocycles. The second-order valence-corrected chi connectivity index (χ2v) is 21.6. The predicted octanol–water partition coefficient (Wildman–Crippen LogP) is 5.08. The maximum absolute atomic E-state index is 12.8. The molecule has 16 atom stereocenters. The van der Waals surface area contributed by atoms with Crippen LogP contribution in [0.1, 0.15) is 112 Å². The zero-order valence-electron chi connectivity index (χ0n) is 44.0. The van der Waals surface area contributed by atoms with Gasteiger partial charge in [0.15, 0.2) is 17.8 Å². The van der Waals surface area contributed by atoms with Crippen LogP contribution in [0.4, 0.5) is 0 Å². The van der Waals surface area contributed by atoms with E-state index in [4.69, 9.17) is 33.2 Å². The molecular weight excluding hydrogens is 940 g/mol. The second-order valence-electron chi connectivity index (χ2n) is 20.4. The summed E-state index contributed by atoms with van der Waals surface area (Å²) in [5.41, 5.74) is 1.87. The molecule has 19 nitrogen and oxygen atoms in total. The maximum atomic E-state index is 12.8. The number of oxazole rings is 1. The molecule has 3 rings (SSSR count). The summed E-state index contributed by atoms with van der Waals surface area (Å²) in [4.78, 5) is 39.5. The fourth-order valence-electron chi connectivity index (χ4n) is 9.34. The van der Waals surface area contributed by atoms with Gasteiger partial charge in [-0.25, -0.2) is 9.55 Å². The lowest BCUT2D eigenvalue weighted by atomic mass is 9.72. The standard InChI is InChI=1S/C51H83N4O15P/c1-29(21-22-52)17-15-18-30(2)31(3)23-32(4)43(58)36(8)39(56)25-42(66-14)46-47(70-71(62,63)64)50(9,10)51(69-46)26-40(57)35(7)41(68-51)20-16-19-37-27-67-49(54-37)33(5)24-34(6)53-48(61)45(60)44(59)38(28-65-13)55(11)12/h15-19,21,23,27,32-36,38-47,56-60H,20,24-26,28H2,1-14H3,(H,53,61)(H2,62,63,64)/b17-15+,19-16+,29-21+,30-18+,31-23+/t32-,33+,34-,35+,36+,38+,39+,40-,41+,42+,43-,44+,45+,46-,47+,51-/m1/s1. The minimum Gasteiger partial charge on any atom is -0.448 e. The highest BCUT2D eigenvalue weighted by Gasteiger charge is 2.68. The SMILES string of the molecule is COC[C@@H]([C@H](O)[C@H](O)C(=O)N[C@H](C)C[C@H](C)c1nc(/C=C/C[C@@H]2O[C@]3(C[C@@H](O)[C@@H]2C)O[C@H]([C@H](C[C@H](O)[C@H](C)[C@H](O)[C@H](C)/C=C(C)/C(C)=C/C=C/C(C)=C/C#N)OC)[C@H](OP(=O)(O)O)C3(C)C)co1)N(C)C. The van der Waals surface area contributed by atoms with Gasteiger partial charge in [-0.05, 0) is 71.9 Å². The Kier molecular flexibility index (Phi) is 23.7. The van der Waals surface area contributed by atoms with Crippen LogP contribution < -0.4 is 5.32 Å². The lowest BCUT2D eigenvalue weighted by molar-refractivity contribution is -0.334. The number of nitrogens with one attached hydrogen (secondary N) is 1. The highest BCUT2D eigenvalue weighted by molar-refractivity contribution is 7.46. The van der Waals surface area contributed by atoms with E-state index in [9.17, 15) is 44.7 Å². The maximum Gasteiger partial charge on any atom is 0.469 e. The molecule has 1 amide bonds. The van der Waals surface area contributed by atoms with Gasteiger partial charge in [-0.15, -0.1) is 0 Å². The van der Waals surface area contributed by atoms with E-state index in [1.165, 1.54) is 26.6 Å². The number of nitrogens with zero attached hydrogens (tertiary/aromatic N) is 3. The van der Waals surface area contributed by atoms with Crippen molar-refractivity contribution in [1.29, 1.82) is 5.26 Å². The average molecular weight is 1020 g/mol. The molecule has 0 aliphatic carbocycles. The molecule has 0 unspecified atom stereocenters. The van der Waals surface area contributed by atoms with Gasteiger partial charge in [-0.3, -0.25) is 9.32 Å². The number of carbonyl (C=O) groups is 1. The van der Waals surface area contributed by atoms with Crippen LogP contribution in [0.3, 0.4) is 0 Å². The summed E-state index contributed by atoms with van der Waals surface area (Å²) in [6, 6.07) is 0.980. The topological polar surface area (TPSA) is 287 Å². The number of hydrogen-bond donors (Lipinski definition) is 8. The fourth-order valence-corrected chi connectivity index (χ4v) is 10.0. The molecule has 1 aromatic rings. The van der Waals surface area contributed by atoms with Gasteiger partial charge in [0.25, 0.3) is 5.91 Å². The first kappa shape index (κ1) is 61.9. The van der Waals surface area contributed by atoms with Crippen LogP contribution in [-0.4, -0.2) is 159 Å². The molecule has 20 heteroatoms. The summed E-state index contributed by atoms with van der Waals surface area (Å²) >= 11 is 0. The van der Waals surface area contributed by atoms with Crippen LogP contribution in [0.25, 0.3) is 6.08 Å². The summed E-state index contributed by atoms with van der Waals surface area (Å²) in [7, 11) is 1.13. The van der Waals surface area contributed by atoms with Gasteiger partial charge < -0.3 is 68.9 Å². The van der Waals surface area contributed by atoms with E-state index in [1.54, 1.807) is 52.8 Å². The number of nitriles is 1. The number of phosphoric acid groups is 1. The Bertz CT molecular complexity index is 2110. The number of methoxy groups -OCH3 is 2. The van der Waals surface area contributed by atoms with Gasteiger partial charge in [0.2, 0.25) is 0 Å². The van der Waals surface area contributed by atoms with E-state index < -0.39 is 104 Å². The minimum atomic E-state index is -5.16. The van der Waals surface area contributed by atoms with Crippen molar-refractivity contribution in [3.8, 4) is 6.07 Å². The number of aliphatic hydroxyl groups is 5. The molecule has 1 spiro atoms. The largest absolute Gasteiger partial charge is 0.469 e. The van der Waals surface area contributed by atoms with Gasteiger partial charge in [0, 0.05) is 68.3 Å². The molecule has 0 radical (unpaired) electrons. The molecule has 71 heavy (non-hydrogen) atoms. The van der Waals surface area contributed by atoms with Gasteiger partial charge >= 0.3 is 7.82 Å². The van der Waals surface area contributed by atoms with Gasteiger partial charge in [0.1, 0.15) is 30.3 Å². The van der Waals surface area contributed by atoms with E-state index in [0.29, 0.717) is 18.0 Å². The molecular formula is C51H83N4O15P. The molecule has 1 aromatic heterocycles. The molecule has 0 bridgehead atoms. The number of ether oxygens (including phenoxy) is 4. The van der Waals surface area contributed by atoms with Crippen molar-refractivity contribution in [1.82, 2.24) is 15.2 Å². The molecule has 2 fully saturated rings. The van der Waals surface area contributed by atoms with Crippen molar-refractivity contribution in [2.75, 3.05) is 34.9 Å². The Hall–Kier alpha value is -3.42. The summed E-state index contributed by atoms with van der Waals surface area (Å²) in [5, 5.41) is 67.4. The first-order chi connectivity index (χ1) is 33.0. The average Bonchev–Trinajstić information content (AvgIpc) is 3.84. The van der Waals surface area contributed by atoms with E-state index >= 15 is 0 Å². The smallest absolute Gasteiger partial charge is 0.448 e. The van der Waals surface area contributed by atoms with E-state index in [-0.39, 0.29) is 37.7 Å². The number of rotatable bonds is 26. The van der Waals surface area contributed by atoms with Crippen LogP contribution in [0.15, 0.2) is 63.9 Å². The molecule has 2 saturated heterocycles. The quantitative estimate of drug-likeness (QED) is 0.0341. The van der Waals surface area contributed by atoms with E-state index in [0.717, 1.165) is 16.7 Å². The predicted molar refractivity (Wildman–Crippen MR) is 267 cm³/mol. The lowest BCUT2D eigenvalue weighted by Gasteiger charge is -2.50. The molecule has 2 aliphatic heterocycles. The number of amides is 1. The zero-order valence-corrected chi connectivity index (χ0v) is 44.9. The van der Waals surface area contributed by atoms with Crippen molar-refractivity contribution in [3.63, 3.8) is 0 Å². The number of aliphatic hydroxyl groups excluding tert-OH is 5. The second kappa shape index (κ2) is 27.2. The monoisotopic (exact) mass is 1020 g/mol. The summed E-state index contributed by atoms with van der Waals surface area (Å²) in [5.74, 6) is -3.67. The van der Waals surface area contributed by atoms with Crippen molar-refractivity contribution >= 4 is 19.8 Å². The molecule has 8 N–H and O–H groups in total. The van der Waals surface area contributed by atoms with E-state index in [1.807, 2.05) is 78.0 Å². The normalized spacial score (nSPS) is 27.8. The first-order valence-electron chi connectivity index (χ1n) is 24.2. The van der Waals surface area contributed by atoms with Crippen molar-refractivity contribution < 1.29 is 72.6 Å². The molecule has 2 aliphatic rings. The van der Waals surface area contributed by atoms with Crippen LogP contribution in [0, 0.1) is 34.5 Å². The lowest BCUT2D eigenvalue weighted by Crippen LogP contribution is -2.58. The third-order valence-corrected chi connectivity index (χ3v) is 14.7. The number of hydrogen-bond acceptors (Lipinski definition) is 16. The van der Waals surface area contributed by atoms with Crippen LogP contribution in [0.2, 0.25) is 0 Å². The van der Waals surface area contributed by atoms with E-state index in [2.05, 4.69) is 10.3 Å². The molecule has 0 aromatic carbocycles. The number of phosphoric ester groups is 1. The van der Waals surface area contributed by atoms with Crippen LogP contribution in [0.5, 0.6) is 0 Å². The summed E-state index contributed by atoms with van der Waals surface area (Å²) in [6.07, 6.45) is 4.05. The fraction of sp³-hybridized carbons (Fsp3) is 0.706. The number of likely N-dealkylation sites (N-methyl/N-ethyl adjacent to an activating group) is 1. The number of aromatic nitrogens is 1. The van der Waals surface area contributed by atoms with Crippen LogP contribution >= 0.6 is 7.82 Å². The van der Waals surface area contributed by atoms with Crippen molar-refractivity contribution in [2.24, 2.45) is 23.2 Å².